The highest BCUT2D eigenvalue weighted by atomic mass is 16.6. The van der Waals surface area contributed by atoms with Crippen LogP contribution in [0.4, 0.5) is 11.4 Å². The number of nitro benzene ring substituents is 1. The van der Waals surface area contributed by atoms with Gasteiger partial charge in [0, 0.05) is 42.6 Å². The Bertz CT molecular complexity index is 643. The van der Waals surface area contributed by atoms with Crippen molar-refractivity contribution in [1.29, 1.82) is 0 Å². The Kier molecular flexibility index (Phi) is 5.05. The quantitative estimate of drug-likeness (QED) is 0.481. The van der Waals surface area contributed by atoms with Crippen LogP contribution in [0.3, 0.4) is 0 Å². The molecule has 0 spiro atoms. The molecule has 0 aliphatic carbocycles. The molecule has 1 aromatic carbocycles. The molecule has 1 aromatic heterocycles. The minimum Gasteiger partial charge on any atom is -0.384 e. The van der Waals surface area contributed by atoms with Crippen molar-refractivity contribution in [2.24, 2.45) is 0 Å². The Morgan fingerprint density at radius 3 is 2.95 bits per heavy atom. The lowest BCUT2D eigenvalue weighted by atomic mass is 10.1. The fourth-order valence-corrected chi connectivity index (χ4v) is 2.20. The van der Waals surface area contributed by atoms with Gasteiger partial charge in [0.25, 0.3) is 5.69 Å². The van der Waals surface area contributed by atoms with Gasteiger partial charge >= 0.3 is 0 Å². The predicted molar refractivity (Wildman–Crippen MR) is 82.7 cm³/mol. The molecule has 0 bridgehead atoms. The molecule has 1 N–H and O–H groups in total. The smallest absolute Gasteiger partial charge is 0.295 e. The van der Waals surface area contributed by atoms with E-state index in [0.717, 1.165) is 29.7 Å². The SMILES string of the molecule is CCOCCCNc1cc(C)nc2c([N+](=O)[O-])cccc12. The standard InChI is InChI=1S/C15H19N3O3/c1-3-21-9-5-8-16-13-10-11(2)17-15-12(13)6-4-7-14(15)18(19)20/h4,6-7,10H,3,5,8-9H2,1-2H3,(H,16,17). The van der Waals surface area contributed by atoms with E-state index in [1.807, 2.05) is 26.0 Å². The largest absolute Gasteiger partial charge is 0.384 e. The van der Waals surface area contributed by atoms with Gasteiger partial charge in [0.05, 0.1) is 4.92 Å². The molecule has 1 heterocycles. The van der Waals surface area contributed by atoms with Crippen molar-refractivity contribution in [2.75, 3.05) is 25.1 Å². The number of pyridine rings is 1. The number of nitro groups is 1. The van der Waals surface area contributed by atoms with Crippen LogP contribution in [-0.4, -0.2) is 29.7 Å². The van der Waals surface area contributed by atoms with Gasteiger partial charge in [0.15, 0.2) is 5.52 Å². The van der Waals surface area contributed by atoms with Crippen molar-refractivity contribution in [3.05, 3.63) is 40.1 Å². The summed E-state index contributed by atoms with van der Waals surface area (Å²) in [5.41, 5.74) is 2.09. The average Bonchev–Trinajstić information content (AvgIpc) is 2.46. The van der Waals surface area contributed by atoms with Crippen LogP contribution in [-0.2, 0) is 4.74 Å². The molecule has 0 fully saturated rings. The van der Waals surface area contributed by atoms with Gasteiger partial charge in [0.1, 0.15) is 0 Å². The first-order valence-electron chi connectivity index (χ1n) is 7.00. The average molecular weight is 289 g/mol. The number of aromatic nitrogens is 1. The summed E-state index contributed by atoms with van der Waals surface area (Å²) in [7, 11) is 0. The van der Waals surface area contributed by atoms with Gasteiger partial charge in [-0.25, -0.2) is 4.98 Å². The zero-order valence-electron chi connectivity index (χ0n) is 12.3. The molecular formula is C15H19N3O3. The molecular weight excluding hydrogens is 270 g/mol. The summed E-state index contributed by atoms with van der Waals surface area (Å²) in [6.45, 7) is 5.96. The first-order valence-corrected chi connectivity index (χ1v) is 7.00. The third-order valence-corrected chi connectivity index (χ3v) is 3.13. The Labute approximate surface area is 123 Å². The van der Waals surface area contributed by atoms with E-state index < -0.39 is 4.92 Å². The highest BCUT2D eigenvalue weighted by molar-refractivity contribution is 5.96. The van der Waals surface area contributed by atoms with E-state index in [9.17, 15) is 10.1 Å². The van der Waals surface area contributed by atoms with Gasteiger partial charge in [-0.15, -0.1) is 0 Å². The first kappa shape index (κ1) is 15.2. The third-order valence-electron chi connectivity index (χ3n) is 3.13. The van der Waals surface area contributed by atoms with Crippen molar-refractivity contribution in [3.8, 4) is 0 Å². The zero-order valence-corrected chi connectivity index (χ0v) is 12.3. The Hall–Kier alpha value is -2.21. The number of hydrogen-bond acceptors (Lipinski definition) is 5. The molecule has 0 unspecified atom stereocenters. The Morgan fingerprint density at radius 1 is 1.43 bits per heavy atom. The van der Waals surface area contributed by atoms with Crippen LogP contribution < -0.4 is 5.32 Å². The number of non-ortho nitro benzene ring substituents is 1. The van der Waals surface area contributed by atoms with Gasteiger partial charge in [-0.3, -0.25) is 10.1 Å². The van der Waals surface area contributed by atoms with E-state index in [0.29, 0.717) is 18.7 Å². The molecule has 2 aromatic rings. The maximum atomic E-state index is 11.1. The Balaban J connectivity index is 2.27. The summed E-state index contributed by atoms with van der Waals surface area (Å²) in [6.07, 6.45) is 0.881. The molecule has 0 radical (unpaired) electrons. The second-order valence-corrected chi connectivity index (χ2v) is 4.72. The van der Waals surface area contributed by atoms with E-state index in [2.05, 4.69) is 10.3 Å². The van der Waals surface area contributed by atoms with Crippen molar-refractivity contribution < 1.29 is 9.66 Å². The van der Waals surface area contributed by atoms with Crippen molar-refractivity contribution in [3.63, 3.8) is 0 Å². The van der Waals surface area contributed by atoms with Gasteiger partial charge in [0.2, 0.25) is 0 Å². The number of benzene rings is 1. The van der Waals surface area contributed by atoms with Crippen LogP contribution in [0, 0.1) is 17.0 Å². The molecule has 21 heavy (non-hydrogen) atoms. The summed E-state index contributed by atoms with van der Waals surface area (Å²) in [5, 5.41) is 15.2. The fourth-order valence-electron chi connectivity index (χ4n) is 2.20. The normalized spacial score (nSPS) is 10.8. The molecule has 2 rings (SSSR count). The lowest BCUT2D eigenvalue weighted by Gasteiger charge is -2.11. The van der Waals surface area contributed by atoms with E-state index in [1.54, 1.807) is 6.07 Å². The number of fused-ring (bicyclic) bond motifs is 1. The lowest BCUT2D eigenvalue weighted by Crippen LogP contribution is -2.07. The topological polar surface area (TPSA) is 77.3 Å². The van der Waals surface area contributed by atoms with Gasteiger partial charge < -0.3 is 10.1 Å². The number of para-hydroxylation sites is 1. The van der Waals surface area contributed by atoms with E-state index in [-0.39, 0.29) is 5.69 Å². The number of nitrogens with zero attached hydrogens (tertiary/aromatic N) is 2. The van der Waals surface area contributed by atoms with Crippen molar-refractivity contribution >= 4 is 22.3 Å². The monoisotopic (exact) mass is 289 g/mol. The summed E-state index contributed by atoms with van der Waals surface area (Å²) in [5.74, 6) is 0. The van der Waals surface area contributed by atoms with E-state index in [1.165, 1.54) is 6.07 Å². The number of anilines is 1. The second kappa shape index (κ2) is 6.99. The third kappa shape index (κ3) is 3.66. The number of nitrogens with one attached hydrogen (secondary N) is 1. The molecule has 6 nitrogen and oxygen atoms in total. The van der Waals surface area contributed by atoms with Gasteiger partial charge in [-0.1, -0.05) is 12.1 Å². The molecule has 0 saturated carbocycles. The maximum absolute atomic E-state index is 11.1. The molecule has 0 atom stereocenters. The molecule has 0 amide bonds. The van der Waals surface area contributed by atoms with Crippen LogP contribution >= 0.6 is 0 Å². The van der Waals surface area contributed by atoms with Crippen LogP contribution in [0.25, 0.3) is 10.9 Å². The summed E-state index contributed by atoms with van der Waals surface area (Å²) in [6, 6.07) is 6.92. The van der Waals surface area contributed by atoms with Crippen LogP contribution in [0.5, 0.6) is 0 Å². The lowest BCUT2D eigenvalue weighted by molar-refractivity contribution is -0.383. The number of ether oxygens (including phenoxy) is 1. The first-order chi connectivity index (χ1) is 10.1. The van der Waals surface area contributed by atoms with Gasteiger partial charge in [-0.2, -0.15) is 0 Å². The Morgan fingerprint density at radius 2 is 2.24 bits per heavy atom. The minimum atomic E-state index is -0.395. The van der Waals surface area contributed by atoms with Crippen LogP contribution in [0.1, 0.15) is 19.0 Å². The molecule has 0 aliphatic heterocycles. The molecule has 112 valence electrons. The second-order valence-electron chi connectivity index (χ2n) is 4.72. The van der Waals surface area contributed by atoms with Crippen molar-refractivity contribution in [1.82, 2.24) is 4.98 Å². The zero-order chi connectivity index (χ0) is 15.2. The number of rotatable bonds is 7. The summed E-state index contributed by atoms with van der Waals surface area (Å²) >= 11 is 0. The van der Waals surface area contributed by atoms with E-state index in [4.69, 9.17) is 4.74 Å². The number of aryl methyl sites for hydroxylation is 1. The molecule has 0 saturated heterocycles. The summed E-state index contributed by atoms with van der Waals surface area (Å²) in [4.78, 5) is 15.0. The highest BCUT2D eigenvalue weighted by Crippen LogP contribution is 2.29. The maximum Gasteiger partial charge on any atom is 0.295 e. The highest BCUT2D eigenvalue weighted by Gasteiger charge is 2.15. The predicted octanol–water partition coefficient (Wildman–Crippen LogP) is 3.29. The van der Waals surface area contributed by atoms with Crippen LogP contribution in [0.15, 0.2) is 24.3 Å². The number of hydrogen-bond donors (Lipinski definition) is 1. The van der Waals surface area contributed by atoms with E-state index >= 15 is 0 Å². The fraction of sp³-hybridized carbons (Fsp3) is 0.400. The van der Waals surface area contributed by atoms with Crippen molar-refractivity contribution in [2.45, 2.75) is 20.3 Å². The molecule has 0 aliphatic rings. The molecule has 6 heteroatoms. The van der Waals surface area contributed by atoms with Crippen LogP contribution in [0.2, 0.25) is 0 Å². The van der Waals surface area contributed by atoms with Gasteiger partial charge in [-0.05, 0) is 26.3 Å². The summed E-state index contributed by atoms with van der Waals surface area (Å²) < 4.78 is 5.29. The minimum absolute atomic E-state index is 0.0357.